The van der Waals surface area contributed by atoms with Crippen LogP contribution in [0, 0.1) is 13.8 Å². The van der Waals surface area contributed by atoms with Crippen molar-refractivity contribution < 1.29 is 0 Å². The second kappa shape index (κ2) is 9.86. The predicted molar refractivity (Wildman–Crippen MR) is 153 cm³/mol. The van der Waals surface area contributed by atoms with Gasteiger partial charge < -0.3 is 5.32 Å². The molecule has 0 saturated carbocycles. The first-order chi connectivity index (χ1) is 19.0. The lowest BCUT2D eigenvalue weighted by Crippen LogP contribution is -2.46. The zero-order valence-corrected chi connectivity index (χ0v) is 21.4. The van der Waals surface area contributed by atoms with Gasteiger partial charge in [0, 0.05) is 11.9 Å². The first kappa shape index (κ1) is 24.1. The van der Waals surface area contributed by atoms with E-state index < -0.39 is 17.5 Å². The van der Waals surface area contributed by atoms with Gasteiger partial charge in [0.2, 0.25) is 5.84 Å². The number of hydrogen-bond acceptors (Lipinski definition) is 6. The van der Waals surface area contributed by atoms with Crippen molar-refractivity contribution in [1.29, 1.82) is 0 Å². The highest BCUT2D eigenvalue weighted by atomic mass is 16.2. The largest absolute Gasteiger partial charge is 0.358 e. The van der Waals surface area contributed by atoms with E-state index in [9.17, 15) is 9.59 Å². The van der Waals surface area contributed by atoms with Crippen molar-refractivity contribution in [3.8, 4) is 5.69 Å². The molecule has 1 N–H and O–H groups in total. The molecule has 1 aliphatic rings. The summed E-state index contributed by atoms with van der Waals surface area (Å²) >= 11 is 0. The van der Waals surface area contributed by atoms with Crippen molar-refractivity contribution >= 4 is 23.0 Å². The third-order valence-electron chi connectivity index (χ3n) is 6.42. The Morgan fingerprint density at radius 2 is 1.44 bits per heavy atom. The molecule has 9 nitrogen and oxygen atoms in total. The summed E-state index contributed by atoms with van der Waals surface area (Å²) in [6.07, 6.45) is 0.733. The van der Waals surface area contributed by atoms with Crippen LogP contribution >= 0.6 is 0 Å². The monoisotopic (exact) mass is 515 g/mol. The average Bonchev–Trinajstić information content (AvgIpc) is 3.23. The fraction of sp³-hybridized carbons (Fsp3) is 0.100. The van der Waals surface area contributed by atoms with Crippen LogP contribution in [-0.4, -0.2) is 30.6 Å². The summed E-state index contributed by atoms with van der Waals surface area (Å²) < 4.78 is 3.73. The van der Waals surface area contributed by atoms with Gasteiger partial charge in [-0.3, -0.25) is 4.98 Å². The number of hydrogen-bond donors (Lipinski definition) is 1. The number of anilines is 1. The number of fused-ring (bicyclic) bond motifs is 1. The van der Waals surface area contributed by atoms with Crippen LogP contribution in [0.1, 0.15) is 23.0 Å². The predicted octanol–water partition coefficient (Wildman–Crippen LogP) is 4.46. The van der Waals surface area contributed by atoms with Crippen LogP contribution in [0.25, 0.3) is 5.69 Å². The minimum Gasteiger partial charge on any atom is -0.337 e. The number of amidine groups is 1. The van der Waals surface area contributed by atoms with Gasteiger partial charge in [-0.05, 0) is 62.4 Å². The van der Waals surface area contributed by atoms with Gasteiger partial charge in [-0.1, -0.05) is 59.7 Å². The number of aliphatic imine (C=N–C) groups is 2. The minimum atomic E-state index is -0.902. The van der Waals surface area contributed by atoms with E-state index in [0.717, 1.165) is 21.4 Å². The number of benzene rings is 3. The molecule has 192 valence electrons. The molecule has 0 bridgehead atoms. The second-order valence-corrected chi connectivity index (χ2v) is 9.26. The van der Waals surface area contributed by atoms with Crippen LogP contribution in [0.15, 0.2) is 123 Å². The number of rotatable bonds is 4. The molecule has 1 aliphatic heterocycles. The van der Waals surface area contributed by atoms with E-state index in [2.05, 4.69) is 10.3 Å². The van der Waals surface area contributed by atoms with Gasteiger partial charge in [0.25, 0.3) is 0 Å². The summed E-state index contributed by atoms with van der Waals surface area (Å²) in [5, 5.41) is 3.33. The number of pyridine rings is 1. The Morgan fingerprint density at radius 1 is 0.769 bits per heavy atom. The summed E-state index contributed by atoms with van der Waals surface area (Å²) in [7, 11) is 0. The fourth-order valence-electron chi connectivity index (χ4n) is 4.42. The first-order valence-corrected chi connectivity index (χ1v) is 12.5. The van der Waals surface area contributed by atoms with Crippen LogP contribution in [0.5, 0.6) is 0 Å². The molecular formula is C30H25N7O2. The lowest BCUT2D eigenvalue weighted by Gasteiger charge is -2.25. The van der Waals surface area contributed by atoms with Crippen LogP contribution in [0.3, 0.4) is 0 Å². The topological polar surface area (TPSA) is 98.6 Å². The molecule has 0 spiro atoms. The van der Waals surface area contributed by atoms with Gasteiger partial charge in [0.1, 0.15) is 0 Å². The molecule has 0 aliphatic carbocycles. The van der Waals surface area contributed by atoms with Crippen molar-refractivity contribution in [2.75, 3.05) is 5.32 Å². The quantitative estimate of drug-likeness (QED) is 0.382. The second-order valence-electron chi connectivity index (χ2n) is 9.26. The van der Waals surface area contributed by atoms with Crippen LogP contribution in [0.2, 0.25) is 0 Å². The van der Waals surface area contributed by atoms with Gasteiger partial charge in [0.05, 0.1) is 17.1 Å². The zero-order valence-electron chi connectivity index (χ0n) is 21.4. The Morgan fingerprint density at radius 3 is 2.10 bits per heavy atom. The maximum absolute atomic E-state index is 14.0. The molecule has 0 fully saturated rings. The molecule has 0 radical (unpaired) electrons. The van der Waals surface area contributed by atoms with Gasteiger partial charge >= 0.3 is 11.4 Å². The average molecular weight is 516 g/mol. The van der Waals surface area contributed by atoms with E-state index in [1.54, 1.807) is 42.6 Å². The molecule has 0 saturated heterocycles. The Bertz CT molecular complexity index is 1810. The normalized spacial score (nSPS) is 15.6. The maximum atomic E-state index is 14.0. The molecule has 5 aromatic rings. The zero-order chi connectivity index (χ0) is 26.9. The highest BCUT2D eigenvalue weighted by Gasteiger charge is 2.34. The molecule has 39 heavy (non-hydrogen) atoms. The first-order valence-electron chi connectivity index (χ1n) is 12.5. The Balaban J connectivity index is 1.63. The van der Waals surface area contributed by atoms with Gasteiger partial charge in [-0.25, -0.2) is 24.1 Å². The molecular weight excluding hydrogens is 490 g/mol. The van der Waals surface area contributed by atoms with Gasteiger partial charge in [-0.15, -0.1) is 0 Å². The van der Waals surface area contributed by atoms with Crippen molar-refractivity contribution in [1.82, 2.24) is 18.9 Å². The summed E-state index contributed by atoms with van der Waals surface area (Å²) in [5.74, 6) is 0.533. The summed E-state index contributed by atoms with van der Waals surface area (Å²) in [4.78, 5) is 42.1. The minimum absolute atomic E-state index is 0.198. The van der Waals surface area contributed by atoms with E-state index in [-0.39, 0.29) is 5.84 Å². The van der Waals surface area contributed by atoms with Crippen LogP contribution in [-0.2, 0) is 0 Å². The van der Waals surface area contributed by atoms with E-state index in [1.807, 2.05) is 74.5 Å². The van der Waals surface area contributed by atoms with Crippen molar-refractivity contribution in [3.63, 3.8) is 0 Å². The third-order valence-corrected chi connectivity index (χ3v) is 6.42. The number of aryl methyl sites for hydroxylation is 2. The van der Waals surface area contributed by atoms with Crippen molar-refractivity contribution in [3.05, 3.63) is 141 Å². The molecule has 9 heteroatoms. The molecule has 1 unspecified atom stereocenters. The number of nitrogens with one attached hydrogen (secondary N) is 1. The molecule has 0 amide bonds. The highest BCUT2D eigenvalue weighted by Crippen LogP contribution is 2.23. The SMILES string of the molecule is Cc1ccc(N=C2C(Nc3ccc(C)cc3)=NC(c3ccccn3)n3c(=O)n(-c4ccccc4)c(=O)n32)cc1. The van der Waals surface area contributed by atoms with E-state index in [4.69, 9.17) is 9.98 Å². The standard InChI is InChI=1S/C30H25N7O2/c1-20-11-15-22(16-12-20)32-26-28(33-23-17-13-21(2)14-18-23)37-30(39)35(24-8-4-3-5-9-24)29(38)36(37)27(34-26)25-10-6-7-19-31-25/h3-19,27H,1-2H3,(H,32,34). The number of nitrogens with zero attached hydrogens (tertiary/aromatic N) is 6. The summed E-state index contributed by atoms with van der Waals surface area (Å²) in [5.41, 5.74) is 3.42. The molecule has 1 atom stereocenters. The molecule has 3 heterocycles. The van der Waals surface area contributed by atoms with Gasteiger partial charge in [0.15, 0.2) is 12.0 Å². The smallest absolute Gasteiger partial charge is 0.337 e. The summed E-state index contributed by atoms with van der Waals surface area (Å²) in [6, 6.07) is 29.6. The molecule has 3 aromatic carbocycles. The number of para-hydroxylation sites is 1. The highest BCUT2D eigenvalue weighted by molar-refractivity contribution is 6.45. The molecule has 2 aromatic heterocycles. The lowest BCUT2D eigenvalue weighted by atomic mass is 10.2. The Labute approximate surface area is 224 Å². The van der Waals surface area contributed by atoms with Crippen molar-refractivity contribution in [2.24, 2.45) is 9.98 Å². The van der Waals surface area contributed by atoms with E-state index >= 15 is 0 Å². The summed E-state index contributed by atoms with van der Waals surface area (Å²) in [6.45, 7) is 4.00. The van der Waals surface area contributed by atoms with E-state index in [1.165, 1.54) is 9.36 Å². The van der Waals surface area contributed by atoms with Gasteiger partial charge in [-0.2, -0.15) is 9.36 Å². The lowest BCUT2D eigenvalue weighted by molar-refractivity contribution is 0.469. The Kier molecular flexibility index (Phi) is 6.08. The number of aromatic nitrogens is 4. The maximum Gasteiger partial charge on any atom is 0.358 e. The Hall–Kier alpha value is -5.31. The van der Waals surface area contributed by atoms with E-state index in [0.29, 0.717) is 22.9 Å². The molecule has 6 rings (SSSR count). The fourth-order valence-corrected chi connectivity index (χ4v) is 4.42. The van der Waals surface area contributed by atoms with Crippen molar-refractivity contribution in [2.45, 2.75) is 20.0 Å². The third kappa shape index (κ3) is 4.50. The van der Waals surface area contributed by atoms with Crippen LogP contribution in [0.4, 0.5) is 11.4 Å². The van der Waals surface area contributed by atoms with Crippen LogP contribution < -0.4 is 16.7 Å².